The van der Waals surface area contributed by atoms with Crippen LogP contribution in [-0.2, 0) is 0 Å². The minimum absolute atomic E-state index is 0.233. The summed E-state index contributed by atoms with van der Waals surface area (Å²) in [6.45, 7) is 7.15. The fourth-order valence-electron chi connectivity index (χ4n) is 1.93. The van der Waals surface area contributed by atoms with Crippen molar-refractivity contribution < 1.29 is 4.79 Å². The number of benzene rings is 1. The van der Waals surface area contributed by atoms with Gasteiger partial charge in [0.2, 0.25) is 5.95 Å². The number of anilines is 2. The molecule has 1 aromatic carbocycles. The van der Waals surface area contributed by atoms with Crippen molar-refractivity contribution in [3.05, 3.63) is 46.2 Å². The fraction of sp³-hybridized carbons (Fsp3) is 0.353. The number of rotatable bonds is 6. The summed E-state index contributed by atoms with van der Waals surface area (Å²) in [5.41, 5.74) is 2.27. The number of aryl methyl sites for hydroxylation is 1. The second-order valence-corrected chi connectivity index (χ2v) is 6.70. The van der Waals surface area contributed by atoms with E-state index in [1.165, 1.54) is 12.4 Å². The van der Waals surface area contributed by atoms with E-state index in [4.69, 9.17) is 0 Å². The molecule has 0 unspecified atom stereocenters. The summed E-state index contributed by atoms with van der Waals surface area (Å²) in [6.07, 6.45) is 4.11. The van der Waals surface area contributed by atoms with Crippen LogP contribution in [0.5, 0.6) is 0 Å². The lowest BCUT2D eigenvalue weighted by Crippen LogP contribution is -2.14. The van der Waals surface area contributed by atoms with E-state index >= 15 is 0 Å². The van der Waals surface area contributed by atoms with Crippen LogP contribution in [0.2, 0.25) is 0 Å². The molecule has 0 saturated carbocycles. The van der Waals surface area contributed by atoms with Crippen LogP contribution < -0.4 is 10.6 Å². The number of carbonyl (C=O) groups excluding carboxylic acids is 1. The highest BCUT2D eigenvalue weighted by molar-refractivity contribution is 9.10. The minimum Gasteiger partial charge on any atom is -0.354 e. The molecule has 2 rings (SSSR count). The third-order valence-electron chi connectivity index (χ3n) is 3.29. The highest BCUT2D eigenvalue weighted by atomic mass is 79.9. The molecule has 23 heavy (non-hydrogen) atoms. The molecule has 0 aliphatic rings. The monoisotopic (exact) mass is 376 g/mol. The highest BCUT2D eigenvalue weighted by Crippen LogP contribution is 2.23. The predicted octanol–water partition coefficient (Wildman–Crippen LogP) is 4.26. The van der Waals surface area contributed by atoms with Gasteiger partial charge >= 0.3 is 0 Å². The van der Waals surface area contributed by atoms with Crippen molar-refractivity contribution in [3.63, 3.8) is 0 Å². The van der Waals surface area contributed by atoms with Gasteiger partial charge < -0.3 is 10.6 Å². The molecule has 1 amide bonds. The van der Waals surface area contributed by atoms with E-state index in [0.717, 1.165) is 28.7 Å². The largest absolute Gasteiger partial charge is 0.354 e. The number of amides is 1. The van der Waals surface area contributed by atoms with Crippen LogP contribution in [0.3, 0.4) is 0 Å². The van der Waals surface area contributed by atoms with Crippen LogP contribution in [-0.4, -0.2) is 22.4 Å². The maximum atomic E-state index is 12.2. The summed E-state index contributed by atoms with van der Waals surface area (Å²) >= 11 is 3.44. The van der Waals surface area contributed by atoms with Crippen LogP contribution in [0, 0.1) is 12.8 Å². The molecule has 2 N–H and O–H groups in total. The van der Waals surface area contributed by atoms with Crippen LogP contribution in [0.1, 0.15) is 36.2 Å². The van der Waals surface area contributed by atoms with Gasteiger partial charge in [0.1, 0.15) is 0 Å². The summed E-state index contributed by atoms with van der Waals surface area (Å²) in [5.74, 6) is 0.933. The molecule has 6 heteroatoms. The van der Waals surface area contributed by atoms with E-state index in [9.17, 15) is 4.79 Å². The summed E-state index contributed by atoms with van der Waals surface area (Å²) in [4.78, 5) is 20.6. The van der Waals surface area contributed by atoms with Gasteiger partial charge in [-0.05, 0) is 52.9 Å². The van der Waals surface area contributed by atoms with E-state index in [2.05, 4.69) is 50.4 Å². The van der Waals surface area contributed by atoms with E-state index in [-0.39, 0.29) is 5.91 Å². The Kier molecular flexibility index (Phi) is 6.10. The Morgan fingerprint density at radius 1 is 1.26 bits per heavy atom. The standard InChI is InChI=1S/C17H21BrN4O/c1-11(2)6-7-19-17-20-9-13(10-21-17)16(23)22-15-5-4-12(3)8-14(15)18/h4-5,8-11H,6-7H2,1-3H3,(H,22,23)(H,19,20,21). The third kappa shape index (κ3) is 5.32. The smallest absolute Gasteiger partial charge is 0.258 e. The molecule has 122 valence electrons. The molecule has 5 nitrogen and oxygen atoms in total. The number of hydrogen-bond donors (Lipinski definition) is 2. The summed E-state index contributed by atoms with van der Waals surface area (Å²) in [6, 6.07) is 5.76. The molecular formula is C17H21BrN4O. The summed E-state index contributed by atoms with van der Waals surface area (Å²) in [5, 5.41) is 5.99. The Hall–Kier alpha value is -1.95. The molecule has 0 aliphatic carbocycles. The molecule has 2 aromatic rings. The average molecular weight is 377 g/mol. The number of nitrogens with zero attached hydrogens (tertiary/aromatic N) is 2. The van der Waals surface area contributed by atoms with Crippen LogP contribution in [0.25, 0.3) is 0 Å². The first-order valence-electron chi connectivity index (χ1n) is 7.59. The van der Waals surface area contributed by atoms with Crippen LogP contribution in [0.15, 0.2) is 35.1 Å². The Bertz CT molecular complexity index is 671. The maximum Gasteiger partial charge on any atom is 0.258 e. The van der Waals surface area contributed by atoms with Crippen LogP contribution in [0.4, 0.5) is 11.6 Å². The molecule has 0 radical (unpaired) electrons. The third-order valence-corrected chi connectivity index (χ3v) is 3.95. The van der Waals surface area contributed by atoms with Gasteiger partial charge in [0.15, 0.2) is 0 Å². The van der Waals surface area contributed by atoms with Gasteiger partial charge in [-0.1, -0.05) is 19.9 Å². The SMILES string of the molecule is Cc1ccc(NC(=O)c2cnc(NCCC(C)C)nc2)c(Br)c1. The van der Waals surface area contributed by atoms with Crippen molar-refractivity contribution >= 4 is 33.5 Å². The van der Waals surface area contributed by atoms with E-state index in [1.54, 1.807) is 0 Å². The number of halogens is 1. The van der Waals surface area contributed by atoms with E-state index < -0.39 is 0 Å². The van der Waals surface area contributed by atoms with Crippen molar-refractivity contribution in [3.8, 4) is 0 Å². The van der Waals surface area contributed by atoms with Gasteiger partial charge in [0.05, 0.1) is 11.3 Å². The summed E-state index contributed by atoms with van der Waals surface area (Å²) < 4.78 is 0.846. The number of carbonyl (C=O) groups is 1. The average Bonchev–Trinajstić information content (AvgIpc) is 2.50. The molecule has 0 atom stereocenters. The van der Waals surface area contributed by atoms with E-state index in [1.807, 2.05) is 25.1 Å². The van der Waals surface area contributed by atoms with E-state index in [0.29, 0.717) is 17.4 Å². The quantitative estimate of drug-likeness (QED) is 0.790. The fourth-order valence-corrected chi connectivity index (χ4v) is 2.52. The molecule has 0 fully saturated rings. The molecular weight excluding hydrogens is 356 g/mol. The molecule has 0 bridgehead atoms. The molecule has 0 aliphatic heterocycles. The van der Waals surface area contributed by atoms with Gasteiger partial charge in [-0.3, -0.25) is 4.79 Å². The Morgan fingerprint density at radius 3 is 2.57 bits per heavy atom. The van der Waals surface area contributed by atoms with Gasteiger partial charge in [0.25, 0.3) is 5.91 Å². The van der Waals surface area contributed by atoms with Crippen molar-refractivity contribution in [2.75, 3.05) is 17.2 Å². The summed E-state index contributed by atoms with van der Waals surface area (Å²) in [7, 11) is 0. The molecule has 0 saturated heterocycles. The highest BCUT2D eigenvalue weighted by Gasteiger charge is 2.09. The Balaban J connectivity index is 1.97. The normalized spacial score (nSPS) is 10.7. The van der Waals surface area contributed by atoms with Gasteiger partial charge in [0, 0.05) is 23.4 Å². The first-order chi connectivity index (χ1) is 11.0. The lowest BCUT2D eigenvalue weighted by Gasteiger charge is -2.09. The maximum absolute atomic E-state index is 12.2. The van der Waals surface area contributed by atoms with Crippen molar-refractivity contribution in [1.82, 2.24) is 9.97 Å². The zero-order chi connectivity index (χ0) is 16.8. The first kappa shape index (κ1) is 17.4. The number of aromatic nitrogens is 2. The number of nitrogens with one attached hydrogen (secondary N) is 2. The lowest BCUT2D eigenvalue weighted by atomic mass is 10.1. The van der Waals surface area contributed by atoms with Crippen molar-refractivity contribution in [2.45, 2.75) is 27.2 Å². The lowest BCUT2D eigenvalue weighted by molar-refractivity contribution is 0.102. The molecule has 0 spiro atoms. The minimum atomic E-state index is -0.233. The molecule has 1 aromatic heterocycles. The second-order valence-electron chi connectivity index (χ2n) is 5.84. The van der Waals surface area contributed by atoms with Gasteiger partial charge in [-0.15, -0.1) is 0 Å². The van der Waals surface area contributed by atoms with Gasteiger partial charge in [-0.2, -0.15) is 0 Å². The van der Waals surface area contributed by atoms with Gasteiger partial charge in [-0.25, -0.2) is 9.97 Å². The first-order valence-corrected chi connectivity index (χ1v) is 8.38. The van der Waals surface area contributed by atoms with Crippen LogP contribution >= 0.6 is 15.9 Å². The zero-order valence-corrected chi connectivity index (χ0v) is 15.1. The topological polar surface area (TPSA) is 66.9 Å². The Morgan fingerprint density at radius 2 is 1.96 bits per heavy atom. The zero-order valence-electron chi connectivity index (χ0n) is 13.6. The second kappa shape index (κ2) is 8.06. The molecule has 1 heterocycles. The van der Waals surface area contributed by atoms with Crippen molar-refractivity contribution in [1.29, 1.82) is 0 Å². The number of hydrogen-bond acceptors (Lipinski definition) is 4. The predicted molar refractivity (Wildman–Crippen MR) is 96.8 cm³/mol. The van der Waals surface area contributed by atoms with Crippen molar-refractivity contribution in [2.24, 2.45) is 5.92 Å². The Labute approximate surface area is 145 Å².